The van der Waals surface area contributed by atoms with E-state index in [9.17, 15) is 0 Å². The molecule has 0 heterocycles. The highest BCUT2D eigenvalue weighted by Gasteiger charge is 2.13. The van der Waals surface area contributed by atoms with Crippen molar-refractivity contribution in [2.45, 2.75) is 77.2 Å². The van der Waals surface area contributed by atoms with E-state index in [0.29, 0.717) is 6.04 Å². The first kappa shape index (κ1) is 12.0. The van der Waals surface area contributed by atoms with Crippen LogP contribution in [-0.2, 0) is 0 Å². The van der Waals surface area contributed by atoms with E-state index >= 15 is 0 Å². The second-order valence-corrected chi connectivity index (χ2v) is 4.98. The molecule has 0 bridgehead atoms. The molecule has 0 spiro atoms. The van der Waals surface area contributed by atoms with Gasteiger partial charge in [0.05, 0.1) is 0 Å². The summed E-state index contributed by atoms with van der Waals surface area (Å²) in [7, 11) is 0. The van der Waals surface area contributed by atoms with Crippen molar-refractivity contribution in [3.8, 4) is 0 Å². The van der Waals surface area contributed by atoms with Crippen LogP contribution in [0.1, 0.15) is 71.1 Å². The van der Waals surface area contributed by atoms with Gasteiger partial charge in [-0.1, -0.05) is 51.9 Å². The smallest absolute Gasteiger partial charge is 0.00388 e. The summed E-state index contributed by atoms with van der Waals surface area (Å²) in [5, 5.41) is 0. The van der Waals surface area contributed by atoms with Crippen LogP contribution in [-0.4, -0.2) is 6.04 Å². The lowest BCUT2D eigenvalue weighted by Crippen LogP contribution is -2.20. The molecule has 1 unspecified atom stereocenters. The molecule has 0 aromatic heterocycles. The van der Waals surface area contributed by atoms with Crippen LogP contribution in [0.5, 0.6) is 0 Å². The second-order valence-electron chi connectivity index (χ2n) is 4.98. The molecule has 1 aliphatic rings. The zero-order valence-corrected chi connectivity index (χ0v) is 9.80. The minimum atomic E-state index is 0.475. The predicted molar refractivity (Wildman–Crippen MR) is 63.3 cm³/mol. The molecule has 1 rings (SSSR count). The SMILES string of the molecule is CCCC(N)CCC1CCCCCC1. The molecule has 0 aliphatic heterocycles. The summed E-state index contributed by atoms with van der Waals surface area (Å²) in [5.41, 5.74) is 6.04. The Morgan fingerprint density at radius 1 is 1.07 bits per heavy atom. The Morgan fingerprint density at radius 3 is 2.29 bits per heavy atom. The first-order valence-electron chi connectivity index (χ1n) is 6.58. The fourth-order valence-corrected chi connectivity index (χ4v) is 2.62. The number of rotatable bonds is 5. The standard InChI is InChI=1S/C13H27N/c1-2-7-13(14)11-10-12-8-5-3-4-6-9-12/h12-13H,2-11,14H2,1H3. The molecule has 0 amide bonds. The fourth-order valence-electron chi connectivity index (χ4n) is 2.62. The van der Waals surface area contributed by atoms with Gasteiger partial charge in [0, 0.05) is 6.04 Å². The van der Waals surface area contributed by atoms with Crippen LogP contribution in [0, 0.1) is 5.92 Å². The van der Waals surface area contributed by atoms with Crippen LogP contribution < -0.4 is 5.73 Å². The van der Waals surface area contributed by atoms with E-state index in [4.69, 9.17) is 5.73 Å². The molecule has 0 saturated heterocycles. The van der Waals surface area contributed by atoms with Crippen molar-refractivity contribution in [3.05, 3.63) is 0 Å². The van der Waals surface area contributed by atoms with Crippen molar-refractivity contribution in [2.24, 2.45) is 11.7 Å². The van der Waals surface area contributed by atoms with E-state index in [1.165, 1.54) is 64.2 Å². The lowest BCUT2D eigenvalue weighted by molar-refractivity contribution is 0.388. The van der Waals surface area contributed by atoms with Gasteiger partial charge in [0.15, 0.2) is 0 Å². The van der Waals surface area contributed by atoms with Crippen molar-refractivity contribution >= 4 is 0 Å². The number of nitrogens with two attached hydrogens (primary N) is 1. The maximum atomic E-state index is 6.04. The number of hydrogen-bond acceptors (Lipinski definition) is 1. The van der Waals surface area contributed by atoms with Crippen molar-refractivity contribution in [1.82, 2.24) is 0 Å². The minimum absolute atomic E-state index is 0.475. The Morgan fingerprint density at radius 2 is 1.71 bits per heavy atom. The molecular weight excluding hydrogens is 170 g/mol. The third kappa shape index (κ3) is 4.99. The molecule has 0 radical (unpaired) electrons. The van der Waals surface area contributed by atoms with Crippen LogP contribution in [0.15, 0.2) is 0 Å². The Balaban J connectivity index is 2.09. The van der Waals surface area contributed by atoms with Gasteiger partial charge in [-0.15, -0.1) is 0 Å². The summed E-state index contributed by atoms with van der Waals surface area (Å²) in [6.07, 6.45) is 13.9. The lowest BCUT2D eigenvalue weighted by Gasteiger charge is -2.16. The van der Waals surface area contributed by atoms with Crippen LogP contribution in [0.4, 0.5) is 0 Å². The molecule has 0 aromatic carbocycles. The van der Waals surface area contributed by atoms with E-state index < -0.39 is 0 Å². The Kier molecular flexibility index (Phi) is 6.25. The van der Waals surface area contributed by atoms with Crippen molar-refractivity contribution < 1.29 is 0 Å². The molecule has 1 fully saturated rings. The van der Waals surface area contributed by atoms with Crippen LogP contribution in [0.25, 0.3) is 0 Å². The average molecular weight is 197 g/mol. The van der Waals surface area contributed by atoms with Gasteiger partial charge in [0.25, 0.3) is 0 Å². The van der Waals surface area contributed by atoms with Crippen molar-refractivity contribution in [3.63, 3.8) is 0 Å². The van der Waals surface area contributed by atoms with Gasteiger partial charge >= 0.3 is 0 Å². The molecule has 1 atom stereocenters. The van der Waals surface area contributed by atoms with Crippen molar-refractivity contribution in [1.29, 1.82) is 0 Å². The van der Waals surface area contributed by atoms with Gasteiger partial charge in [-0.3, -0.25) is 0 Å². The van der Waals surface area contributed by atoms with Crippen LogP contribution >= 0.6 is 0 Å². The highest BCUT2D eigenvalue weighted by Crippen LogP contribution is 2.26. The molecule has 84 valence electrons. The molecular formula is C13H27N. The zero-order valence-electron chi connectivity index (χ0n) is 9.80. The Labute approximate surface area is 89.5 Å². The molecule has 2 N–H and O–H groups in total. The third-order valence-corrected chi connectivity index (χ3v) is 3.58. The summed E-state index contributed by atoms with van der Waals surface area (Å²) < 4.78 is 0. The van der Waals surface area contributed by atoms with E-state index in [0.717, 1.165) is 5.92 Å². The van der Waals surface area contributed by atoms with E-state index in [-0.39, 0.29) is 0 Å². The monoisotopic (exact) mass is 197 g/mol. The molecule has 14 heavy (non-hydrogen) atoms. The summed E-state index contributed by atoms with van der Waals surface area (Å²) in [6, 6.07) is 0.475. The summed E-state index contributed by atoms with van der Waals surface area (Å²) in [5.74, 6) is 1.00. The van der Waals surface area contributed by atoms with E-state index in [1.54, 1.807) is 0 Å². The normalized spacial score (nSPS) is 21.9. The van der Waals surface area contributed by atoms with E-state index in [2.05, 4.69) is 6.92 Å². The maximum Gasteiger partial charge on any atom is 0.00388 e. The zero-order chi connectivity index (χ0) is 10.2. The topological polar surface area (TPSA) is 26.0 Å². The van der Waals surface area contributed by atoms with Crippen molar-refractivity contribution in [2.75, 3.05) is 0 Å². The third-order valence-electron chi connectivity index (χ3n) is 3.58. The summed E-state index contributed by atoms with van der Waals surface area (Å²) in [6.45, 7) is 2.23. The summed E-state index contributed by atoms with van der Waals surface area (Å²) >= 11 is 0. The fraction of sp³-hybridized carbons (Fsp3) is 1.00. The average Bonchev–Trinajstić information content (AvgIpc) is 2.43. The molecule has 1 aliphatic carbocycles. The lowest BCUT2D eigenvalue weighted by atomic mass is 9.92. The predicted octanol–water partition coefficient (Wildman–Crippen LogP) is 3.86. The largest absolute Gasteiger partial charge is 0.328 e. The number of hydrogen-bond donors (Lipinski definition) is 1. The first-order valence-corrected chi connectivity index (χ1v) is 6.58. The minimum Gasteiger partial charge on any atom is -0.328 e. The Hall–Kier alpha value is -0.0400. The molecule has 0 aromatic rings. The van der Waals surface area contributed by atoms with Gasteiger partial charge in [0.2, 0.25) is 0 Å². The highest BCUT2D eigenvalue weighted by atomic mass is 14.6. The summed E-state index contributed by atoms with van der Waals surface area (Å²) in [4.78, 5) is 0. The molecule has 1 heteroatoms. The molecule has 1 saturated carbocycles. The van der Waals surface area contributed by atoms with Gasteiger partial charge in [-0.25, -0.2) is 0 Å². The van der Waals surface area contributed by atoms with Crippen LogP contribution in [0.3, 0.4) is 0 Å². The molecule has 1 nitrogen and oxygen atoms in total. The van der Waals surface area contributed by atoms with Gasteiger partial charge in [-0.2, -0.15) is 0 Å². The quantitative estimate of drug-likeness (QED) is 0.665. The van der Waals surface area contributed by atoms with E-state index in [1.807, 2.05) is 0 Å². The first-order chi connectivity index (χ1) is 6.83. The van der Waals surface area contributed by atoms with Gasteiger partial charge in [-0.05, 0) is 25.2 Å². The van der Waals surface area contributed by atoms with Gasteiger partial charge in [0.1, 0.15) is 0 Å². The van der Waals surface area contributed by atoms with Crippen LogP contribution in [0.2, 0.25) is 0 Å². The Bertz CT molecular complexity index is 125. The highest BCUT2D eigenvalue weighted by molar-refractivity contribution is 4.68. The second kappa shape index (κ2) is 7.28. The maximum absolute atomic E-state index is 6.04. The van der Waals surface area contributed by atoms with Gasteiger partial charge < -0.3 is 5.73 Å².